The highest BCUT2D eigenvalue weighted by Gasteiger charge is 2.69. The predicted molar refractivity (Wildman–Crippen MR) is 124 cm³/mol. The molecule has 1 saturated heterocycles. The Bertz CT molecular complexity index is 1240. The Kier molecular flexibility index (Phi) is 4.58. The van der Waals surface area contributed by atoms with Crippen LogP contribution in [0.5, 0.6) is 0 Å². The molecule has 2 N–H and O–H groups in total. The standard InChI is InChI=1S/C23H23N3O5S2/c1-25(2)10-5-3-9(4-6-10)14-15-11-7-12(18(15)32-20-19(14)33-23(31)24-20)17-16(11)21(29)26(22(17)30)8-13(27)28/h3-6,11-12,14-18H,7-8H2,1-2H3,(H,24,31)(H,27,28)/t11-,12-,14-,15-,16+,17+,18+/m1/s1. The molecule has 1 aromatic heterocycles. The van der Waals surface area contributed by atoms with Crippen LogP contribution in [0.4, 0.5) is 5.69 Å². The van der Waals surface area contributed by atoms with Gasteiger partial charge in [0.2, 0.25) is 11.8 Å². The molecule has 33 heavy (non-hydrogen) atoms. The third-order valence-electron chi connectivity index (χ3n) is 7.88. The van der Waals surface area contributed by atoms with Crippen molar-refractivity contribution in [3.8, 4) is 0 Å². The van der Waals surface area contributed by atoms with E-state index in [4.69, 9.17) is 0 Å². The van der Waals surface area contributed by atoms with E-state index in [-0.39, 0.29) is 45.6 Å². The lowest BCUT2D eigenvalue weighted by Gasteiger charge is -2.43. The Morgan fingerprint density at radius 3 is 2.42 bits per heavy atom. The van der Waals surface area contributed by atoms with Gasteiger partial charge in [0.1, 0.15) is 6.54 Å². The summed E-state index contributed by atoms with van der Waals surface area (Å²) in [4.78, 5) is 56.7. The van der Waals surface area contributed by atoms with Gasteiger partial charge in [-0.1, -0.05) is 23.5 Å². The zero-order chi connectivity index (χ0) is 23.2. The Labute approximate surface area is 198 Å². The Hall–Kier alpha value is -2.59. The number of aromatic amines is 1. The van der Waals surface area contributed by atoms with Crippen molar-refractivity contribution < 1.29 is 19.5 Å². The highest BCUT2D eigenvalue weighted by Crippen LogP contribution is 2.68. The van der Waals surface area contributed by atoms with Crippen LogP contribution in [0, 0.1) is 29.6 Å². The molecular formula is C23H23N3O5S2. The lowest BCUT2D eigenvalue weighted by atomic mass is 9.68. The Balaban J connectivity index is 1.43. The number of carbonyl (C=O) groups excluding carboxylic acids is 2. The third-order valence-corrected chi connectivity index (χ3v) is 10.5. The topological polar surface area (TPSA) is 111 Å². The SMILES string of the molecule is CN(C)c1ccc([C@H]2c3sc(=O)[nH]c3S[C@H]3[C@@H]4C[C@@H]([C@@H]5C(=O)N(CC(=O)O)C(=O)[C@@H]45)[C@H]23)cc1. The number of hydrogen-bond acceptors (Lipinski definition) is 7. The van der Waals surface area contributed by atoms with Gasteiger partial charge in [0.15, 0.2) is 0 Å². The van der Waals surface area contributed by atoms with E-state index in [1.807, 2.05) is 19.0 Å². The van der Waals surface area contributed by atoms with Gasteiger partial charge in [-0.25, -0.2) is 0 Å². The second-order valence-electron chi connectivity index (χ2n) is 9.60. The Morgan fingerprint density at radius 1 is 1.12 bits per heavy atom. The minimum atomic E-state index is -1.17. The number of rotatable bonds is 4. The quantitative estimate of drug-likeness (QED) is 0.638. The molecule has 0 unspecified atom stereocenters. The van der Waals surface area contributed by atoms with Crippen LogP contribution in [0.25, 0.3) is 0 Å². The number of nitrogens with one attached hydrogen (secondary N) is 1. The van der Waals surface area contributed by atoms with E-state index in [2.05, 4.69) is 29.2 Å². The van der Waals surface area contributed by atoms with E-state index in [1.165, 1.54) is 11.3 Å². The fraction of sp³-hybridized carbons (Fsp3) is 0.478. The molecule has 6 rings (SSSR count). The van der Waals surface area contributed by atoms with Gasteiger partial charge in [0.05, 0.1) is 16.9 Å². The van der Waals surface area contributed by atoms with Crippen LogP contribution >= 0.6 is 23.1 Å². The average molecular weight is 486 g/mol. The van der Waals surface area contributed by atoms with Crippen molar-refractivity contribution in [3.63, 3.8) is 0 Å². The summed E-state index contributed by atoms with van der Waals surface area (Å²) < 4.78 is 0. The van der Waals surface area contributed by atoms with Crippen molar-refractivity contribution >= 4 is 46.6 Å². The van der Waals surface area contributed by atoms with Crippen LogP contribution in [0.2, 0.25) is 0 Å². The summed E-state index contributed by atoms with van der Waals surface area (Å²) in [6.45, 7) is -0.567. The number of aromatic nitrogens is 1. The average Bonchev–Trinajstić information content (AvgIpc) is 3.49. The summed E-state index contributed by atoms with van der Waals surface area (Å²) in [6, 6.07) is 8.33. The van der Waals surface area contributed by atoms with Crippen LogP contribution in [0.3, 0.4) is 0 Å². The van der Waals surface area contributed by atoms with Gasteiger partial charge in [-0.3, -0.25) is 24.1 Å². The summed E-state index contributed by atoms with van der Waals surface area (Å²) in [5, 5.41) is 10.2. The van der Waals surface area contributed by atoms with Crippen molar-refractivity contribution in [2.24, 2.45) is 29.6 Å². The molecule has 3 heterocycles. The number of benzene rings is 1. The van der Waals surface area contributed by atoms with Crippen molar-refractivity contribution in [2.75, 3.05) is 25.5 Å². The number of thioether (sulfide) groups is 1. The first-order valence-corrected chi connectivity index (χ1v) is 12.7. The van der Waals surface area contributed by atoms with Crippen molar-refractivity contribution in [2.45, 2.75) is 22.6 Å². The van der Waals surface area contributed by atoms with Crippen LogP contribution in [0.15, 0.2) is 34.1 Å². The molecule has 7 atom stereocenters. The molecular weight excluding hydrogens is 462 g/mol. The number of H-pyrrole nitrogens is 1. The number of nitrogens with zero attached hydrogens (tertiary/aromatic N) is 2. The number of thiazole rings is 1. The maximum absolute atomic E-state index is 13.2. The number of carboxylic acid groups (broad SMARTS) is 1. The van der Waals surface area contributed by atoms with Crippen molar-refractivity contribution in [3.05, 3.63) is 44.4 Å². The van der Waals surface area contributed by atoms with E-state index < -0.39 is 24.3 Å². The van der Waals surface area contributed by atoms with Crippen LogP contribution in [-0.2, 0) is 14.4 Å². The van der Waals surface area contributed by atoms with Gasteiger partial charge in [-0.05, 0) is 41.9 Å². The molecule has 2 aliphatic heterocycles. The smallest absolute Gasteiger partial charge is 0.323 e. The van der Waals surface area contributed by atoms with Gasteiger partial charge < -0.3 is 15.0 Å². The molecule has 2 aliphatic carbocycles. The monoisotopic (exact) mass is 485 g/mol. The summed E-state index contributed by atoms with van der Waals surface area (Å²) in [5.74, 6) is -2.65. The molecule has 2 aromatic rings. The van der Waals surface area contributed by atoms with Crippen molar-refractivity contribution in [1.82, 2.24) is 9.88 Å². The number of anilines is 1. The molecule has 2 bridgehead atoms. The largest absolute Gasteiger partial charge is 0.480 e. The minimum Gasteiger partial charge on any atom is -0.480 e. The second-order valence-corrected chi connectivity index (χ2v) is 11.8. The lowest BCUT2D eigenvalue weighted by Crippen LogP contribution is -2.42. The van der Waals surface area contributed by atoms with Crippen molar-refractivity contribution in [1.29, 1.82) is 0 Å². The fourth-order valence-corrected chi connectivity index (χ4v) is 9.61. The molecule has 2 saturated carbocycles. The fourth-order valence-electron chi connectivity index (χ4n) is 6.72. The first-order valence-electron chi connectivity index (χ1n) is 11.0. The highest BCUT2D eigenvalue weighted by molar-refractivity contribution is 8.00. The first kappa shape index (κ1) is 21.0. The zero-order valence-corrected chi connectivity index (χ0v) is 19.7. The molecule has 0 radical (unpaired) electrons. The summed E-state index contributed by atoms with van der Waals surface area (Å²) in [6.07, 6.45) is 0.793. The second kappa shape index (κ2) is 7.20. The normalized spacial score (nSPS) is 33.8. The zero-order valence-electron chi connectivity index (χ0n) is 18.1. The molecule has 1 aromatic carbocycles. The number of amides is 2. The molecule has 3 fully saturated rings. The number of likely N-dealkylation sites (tertiary alicyclic amines) is 1. The van der Waals surface area contributed by atoms with Gasteiger partial charge in [0.25, 0.3) is 0 Å². The summed E-state index contributed by atoms with van der Waals surface area (Å²) >= 11 is 2.87. The van der Waals surface area contributed by atoms with E-state index in [0.29, 0.717) is 0 Å². The lowest BCUT2D eigenvalue weighted by molar-refractivity contribution is -0.149. The highest BCUT2D eigenvalue weighted by atomic mass is 32.2. The van der Waals surface area contributed by atoms with E-state index in [0.717, 1.165) is 32.5 Å². The minimum absolute atomic E-state index is 0.00313. The van der Waals surface area contributed by atoms with Gasteiger partial charge >= 0.3 is 10.8 Å². The number of hydrogen-bond donors (Lipinski definition) is 2. The van der Waals surface area contributed by atoms with Crippen LogP contribution < -0.4 is 9.77 Å². The number of aliphatic carboxylic acids is 1. The van der Waals surface area contributed by atoms with Gasteiger partial charge in [0, 0.05) is 35.8 Å². The molecule has 4 aliphatic rings. The maximum Gasteiger partial charge on any atom is 0.323 e. The number of imide groups is 1. The first-order chi connectivity index (χ1) is 15.8. The third kappa shape index (κ3) is 2.89. The maximum atomic E-state index is 13.2. The molecule has 10 heteroatoms. The van der Waals surface area contributed by atoms with E-state index in [9.17, 15) is 24.3 Å². The Morgan fingerprint density at radius 2 is 1.79 bits per heavy atom. The molecule has 172 valence electrons. The number of carboxylic acids is 1. The molecule has 8 nitrogen and oxygen atoms in total. The van der Waals surface area contributed by atoms with Crippen LogP contribution in [0.1, 0.15) is 22.8 Å². The molecule has 2 amide bonds. The predicted octanol–water partition coefficient (Wildman–Crippen LogP) is 2.06. The summed E-state index contributed by atoms with van der Waals surface area (Å²) in [7, 11) is 3.97. The van der Waals surface area contributed by atoms with Gasteiger partial charge in [-0.2, -0.15) is 0 Å². The van der Waals surface area contributed by atoms with Crippen LogP contribution in [-0.4, -0.2) is 58.7 Å². The van der Waals surface area contributed by atoms with E-state index >= 15 is 0 Å². The van der Waals surface area contributed by atoms with E-state index in [1.54, 1.807) is 11.8 Å². The van der Waals surface area contributed by atoms with Gasteiger partial charge in [-0.15, -0.1) is 11.8 Å². The summed E-state index contributed by atoms with van der Waals surface area (Å²) in [5.41, 5.74) is 2.19. The molecule has 0 spiro atoms. The number of fused-ring (bicyclic) bond motifs is 9. The number of carbonyl (C=O) groups is 3.